The molecule has 0 heteroatoms. The van der Waals surface area contributed by atoms with Gasteiger partial charge in [-0.25, -0.2) is 0 Å². The van der Waals surface area contributed by atoms with Crippen LogP contribution in [0.4, 0.5) is 0 Å². The number of hydrogen-bond donors (Lipinski definition) is 0. The van der Waals surface area contributed by atoms with E-state index < -0.39 is 0 Å². The predicted molar refractivity (Wildman–Crippen MR) is 82.3 cm³/mol. The van der Waals surface area contributed by atoms with Gasteiger partial charge in [-0.2, -0.15) is 0 Å². The van der Waals surface area contributed by atoms with Gasteiger partial charge in [-0.05, 0) is 42.9 Å². The van der Waals surface area contributed by atoms with E-state index in [1.54, 1.807) is 0 Å². The van der Waals surface area contributed by atoms with Crippen LogP contribution in [0.5, 0.6) is 0 Å². The summed E-state index contributed by atoms with van der Waals surface area (Å²) in [6.07, 6.45) is 12.2. The molecule has 0 aliphatic carbocycles. The van der Waals surface area contributed by atoms with Gasteiger partial charge in [0.05, 0.1) is 0 Å². The van der Waals surface area contributed by atoms with Crippen molar-refractivity contribution < 1.29 is 0 Å². The van der Waals surface area contributed by atoms with Crippen LogP contribution in [0.25, 0.3) is 0 Å². The second-order valence-corrected chi connectivity index (χ2v) is 5.49. The summed E-state index contributed by atoms with van der Waals surface area (Å²) in [5, 5.41) is 0. The summed E-state index contributed by atoms with van der Waals surface area (Å²) in [6, 6.07) is 7.02. The molecule has 1 aromatic rings. The van der Waals surface area contributed by atoms with Gasteiger partial charge in [0.15, 0.2) is 0 Å². The van der Waals surface area contributed by atoms with Gasteiger partial charge >= 0.3 is 0 Å². The van der Waals surface area contributed by atoms with E-state index in [0.717, 1.165) is 6.42 Å². The number of benzene rings is 1. The molecule has 0 amide bonds. The minimum atomic E-state index is 1.16. The van der Waals surface area contributed by atoms with Crippen molar-refractivity contribution in [2.45, 2.75) is 78.6 Å². The SMILES string of the molecule is CCCCCCCCCc1ccc(CC)c(C)c1. The quantitative estimate of drug-likeness (QED) is 0.479. The molecule has 0 radical (unpaired) electrons. The van der Waals surface area contributed by atoms with E-state index in [2.05, 4.69) is 39.0 Å². The summed E-state index contributed by atoms with van der Waals surface area (Å²) in [6.45, 7) is 6.76. The van der Waals surface area contributed by atoms with Gasteiger partial charge in [0.2, 0.25) is 0 Å². The van der Waals surface area contributed by atoms with Crippen LogP contribution >= 0.6 is 0 Å². The highest BCUT2D eigenvalue weighted by Crippen LogP contribution is 2.15. The summed E-state index contributed by atoms with van der Waals surface area (Å²) in [7, 11) is 0. The highest BCUT2D eigenvalue weighted by atomic mass is 14.0. The largest absolute Gasteiger partial charge is 0.0654 e. The molecule has 18 heavy (non-hydrogen) atoms. The van der Waals surface area contributed by atoms with Crippen LogP contribution in [0.1, 0.15) is 75.5 Å². The first-order valence-electron chi connectivity index (χ1n) is 7.86. The highest BCUT2D eigenvalue weighted by molar-refractivity contribution is 5.31. The molecule has 0 saturated heterocycles. The van der Waals surface area contributed by atoms with Gasteiger partial charge in [-0.3, -0.25) is 0 Å². The molecule has 1 aromatic carbocycles. The smallest absolute Gasteiger partial charge is 0.0279 e. The lowest BCUT2D eigenvalue weighted by Crippen LogP contribution is -1.91. The topological polar surface area (TPSA) is 0 Å². The summed E-state index contributed by atoms with van der Waals surface area (Å²) in [5.74, 6) is 0. The van der Waals surface area contributed by atoms with Gasteiger partial charge in [0, 0.05) is 0 Å². The fourth-order valence-corrected chi connectivity index (χ4v) is 2.60. The van der Waals surface area contributed by atoms with Crippen molar-refractivity contribution >= 4 is 0 Å². The van der Waals surface area contributed by atoms with E-state index in [1.165, 1.54) is 68.1 Å². The van der Waals surface area contributed by atoms with Crippen LogP contribution in [0, 0.1) is 6.92 Å². The molecule has 0 nitrogen and oxygen atoms in total. The zero-order chi connectivity index (χ0) is 13.2. The van der Waals surface area contributed by atoms with Gasteiger partial charge in [0.1, 0.15) is 0 Å². The van der Waals surface area contributed by atoms with Crippen LogP contribution < -0.4 is 0 Å². The maximum Gasteiger partial charge on any atom is -0.0279 e. The predicted octanol–water partition coefficient (Wildman–Crippen LogP) is 5.85. The van der Waals surface area contributed by atoms with E-state index in [-0.39, 0.29) is 0 Å². The average Bonchev–Trinajstić information content (AvgIpc) is 2.38. The molecule has 0 bridgehead atoms. The Morgan fingerprint density at radius 1 is 0.833 bits per heavy atom. The Hall–Kier alpha value is -0.780. The third kappa shape index (κ3) is 5.71. The Labute approximate surface area is 114 Å². The molecule has 0 aliphatic heterocycles. The first kappa shape index (κ1) is 15.3. The third-order valence-electron chi connectivity index (χ3n) is 3.86. The fraction of sp³-hybridized carbons (Fsp3) is 0.667. The average molecular weight is 246 g/mol. The Morgan fingerprint density at radius 2 is 1.50 bits per heavy atom. The summed E-state index contributed by atoms with van der Waals surface area (Å²) >= 11 is 0. The zero-order valence-electron chi connectivity index (χ0n) is 12.6. The highest BCUT2D eigenvalue weighted by Gasteiger charge is 1.99. The minimum Gasteiger partial charge on any atom is -0.0654 e. The summed E-state index contributed by atoms with van der Waals surface area (Å²) < 4.78 is 0. The number of rotatable bonds is 9. The van der Waals surface area contributed by atoms with Crippen LogP contribution in [-0.4, -0.2) is 0 Å². The third-order valence-corrected chi connectivity index (χ3v) is 3.86. The summed E-state index contributed by atoms with van der Waals surface area (Å²) in [5.41, 5.74) is 4.49. The lowest BCUT2D eigenvalue weighted by Gasteiger charge is -2.07. The Morgan fingerprint density at radius 3 is 2.11 bits per heavy atom. The molecule has 0 unspecified atom stereocenters. The van der Waals surface area contributed by atoms with E-state index >= 15 is 0 Å². The van der Waals surface area contributed by atoms with Gasteiger partial charge in [-0.15, -0.1) is 0 Å². The molecule has 0 aromatic heterocycles. The van der Waals surface area contributed by atoms with Gasteiger partial charge in [-0.1, -0.05) is 70.6 Å². The van der Waals surface area contributed by atoms with Crippen molar-refractivity contribution in [2.24, 2.45) is 0 Å². The molecule has 0 heterocycles. The van der Waals surface area contributed by atoms with Crippen LogP contribution in [0.15, 0.2) is 18.2 Å². The Balaban J connectivity index is 2.17. The van der Waals surface area contributed by atoms with Gasteiger partial charge in [0.25, 0.3) is 0 Å². The van der Waals surface area contributed by atoms with Crippen LogP contribution in [-0.2, 0) is 12.8 Å². The number of aryl methyl sites for hydroxylation is 3. The molecule has 0 spiro atoms. The van der Waals surface area contributed by atoms with E-state index in [0.29, 0.717) is 0 Å². The molecule has 0 atom stereocenters. The molecule has 0 aliphatic rings. The lowest BCUT2D eigenvalue weighted by atomic mass is 9.99. The minimum absolute atomic E-state index is 1.16. The molecule has 1 rings (SSSR count). The molecule has 0 N–H and O–H groups in total. The monoisotopic (exact) mass is 246 g/mol. The number of unbranched alkanes of at least 4 members (excludes halogenated alkanes) is 6. The van der Waals surface area contributed by atoms with E-state index in [1.807, 2.05) is 0 Å². The standard InChI is InChI=1S/C18H30/c1-4-6-7-8-9-10-11-12-17-13-14-18(5-2)16(3)15-17/h13-15H,4-12H2,1-3H3. The maximum atomic E-state index is 2.38. The van der Waals surface area contributed by atoms with Crippen molar-refractivity contribution in [1.82, 2.24) is 0 Å². The molecular weight excluding hydrogens is 216 g/mol. The molecule has 102 valence electrons. The first-order valence-corrected chi connectivity index (χ1v) is 7.86. The lowest BCUT2D eigenvalue weighted by molar-refractivity contribution is 0.589. The Bertz CT molecular complexity index is 325. The maximum absolute atomic E-state index is 2.38. The van der Waals surface area contributed by atoms with Crippen molar-refractivity contribution in [2.75, 3.05) is 0 Å². The Kier molecular flexibility index (Phi) is 7.80. The fourth-order valence-electron chi connectivity index (χ4n) is 2.60. The normalized spacial score (nSPS) is 10.8. The van der Waals surface area contributed by atoms with Crippen LogP contribution in [0.2, 0.25) is 0 Å². The van der Waals surface area contributed by atoms with Crippen molar-refractivity contribution in [1.29, 1.82) is 0 Å². The molecular formula is C18H30. The van der Waals surface area contributed by atoms with Crippen LogP contribution in [0.3, 0.4) is 0 Å². The summed E-state index contributed by atoms with van der Waals surface area (Å²) in [4.78, 5) is 0. The zero-order valence-corrected chi connectivity index (χ0v) is 12.6. The van der Waals surface area contributed by atoms with Crippen molar-refractivity contribution in [3.8, 4) is 0 Å². The second kappa shape index (κ2) is 9.19. The molecule has 0 fully saturated rings. The molecule has 0 saturated carbocycles. The van der Waals surface area contributed by atoms with E-state index in [9.17, 15) is 0 Å². The van der Waals surface area contributed by atoms with Crippen molar-refractivity contribution in [3.05, 3.63) is 34.9 Å². The van der Waals surface area contributed by atoms with Crippen molar-refractivity contribution in [3.63, 3.8) is 0 Å². The van der Waals surface area contributed by atoms with E-state index in [4.69, 9.17) is 0 Å². The van der Waals surface area contributed by atoms with Gasteiger partial charge < -0.3 is 0 Å². The first-order chi connectivity index (χ1) is 8.77. The number of hydrogen-bond acceptors (Lipinski definition) is 0. The second-order valence-electron chi connectivity index (χ2n) is 5.49.